The van der Waals surface area contributed by atoms with Crippen molar-refractivity contribution in [3.8, 4) is 17.3 Å². The molecule has 11 heteroatoms. The number of carbonyl (C=O) groups excluding carboxylic acids is 1. The summed E-state index contributed by atoms with van der Waals surface area (Å²) >= 11 is 0. The monoisotopic (exact) mass is 538 g/mol. The molecule has 4 aromatic rings. The minimum atomic E-state index is -4.53. The molecule has 2 aliphatic carbocycles. The van der Waals surface area contributed by atoms with E-state index in [9.17, 15) is 18.0 Å². The summed E-state index contributed by atoms with van der Waals surface area (Å²) in [7, 11) is 3.40. The molecular formula is C28H29F3N6O2. The quantitative estimate of drug-likeness (QED) is 0.402. The highest BCUT2D eigenvalue weighted by molar-refractivity contribution is 6.00. The number of piperidine rings is 1. The number of hydrogen-bond acceptors (Lipinski definition) is 5. The van der Waals surface area contributed by atoms with Crippen molar-refractivity contribution in [1.82, 2.24) is 24.0 Å². The highest BCUT2D eigenvalue weighted by Crippen LogP contribution is 2.40. The molecule has 1 amide bonds. The van der Waals surface area contributed by atoms with Crippen LogP contribution in [-0.4, -0.2) is 55.6 Å². The molecule has 3 fully saturated rings. The Labute approximate surface area is 222 Å². The van der Waals surface area contributed by atoms with Gasteiger partial charge in [-0.25, -0.2) is 9.97 Å². The third-order valence-corrected chi connectivity index (χ3v) is 8.72. The maximum atomic E-state index is 13.5. The maximum Gasteiger partial charge on any atom is 0.433 e. The standard InChI is InChI=1S/C28H29F3N6O2/c1-35-24-18(9-17(11-21(24)39-2)27(38)37-13-16-5-7-19(37)23(16)32)33-26(35)20-10-15-6-8-22(28(29,30)31)34-25(15)36(20)12-14-3-4-14/h6,8-11,14,16,19,23H,3-5,7,12-13,32H2,1-2H3/t16-,19?,23?/m1/s1. The SMILES string of the molecule is COc1cc(C(=O)N2C[C@H]3CCC2C3N)cc2nc(-c3cc4ccc(C(F)(F)F)nc4n3CC3CC3)n(C)c12. The van der Waals surface area contributed by atoms with Gasteiger partial charge in [0.05, 0.1) is 18.3 Å². The predicted molar refractivity (Wildman–Crippen MR) is 139 cm³/mol. The average molecular weight is 539 g/mol. The van der Waals surface area contributed by atoms with E-state index in [1.807, 2.05) is 27.1 Å². The van der Waals surface area contributed by atoms with Crippen LogP contribution in [0.4, 0.5) is 13.2 Å². The summed E-state index contributed by atoms with van der Waals surface area (Å²) in [6, 6.07) is 7.90. The molecule has 3 atom stereocenters. The first-order valence-electron chi connectivity index (χ1n) is 13.3. The van der Waals surface area contributed by atoms with Gasteiger partial charge in [0.15, 0.2) is 5.82 Å². The number of halogens is 3. The van der Waals surface area contributed by atoms with Gasteiger partial charge < -0.3 is 24.5 Å². The van der Waals surface area contributed by atoms with Crippen molar-refractivity contribution in [3.05, 3.63) is 41.6 Å². The molecule has 3 aromatic heterocycles. The molecule has 0 radical (unpaired) electrons. The number of likely N-dealkylation sites (tertiary alicyclic amines) is 1. The molecule has 204 valence electrons. The zero-order chi connectivity index (χ0) is 27.2. The smallest absolute Gasteiger partial charge is 0.433 e. The molecule has 8 nitrogen and oxygen atoms in total. The van der Waals surface area contributed by atoms with Crippen LogP contribution in [0, 0.1) is 11.8 Å². The number of aromatic nitrogens is 4. The number of fused-ring (bicyclic) bond motifs is 4. The maximum absolute atomic E-state index is 13.5. The highest BCUT2D eigenvalue weighted by Gasteiger charge is 2.47. The van der Waals surface area contributed by atoms with Crippen LogP contribution in [-0.2, 0) is 19.8 Å². The molecule has 3 aliphatic rings. The van der Waals surface area contributed by atoms with E-state index in [1.54, 1.807) is 19.2 Å². The Balaban J connectivity index is 1.35. The Kier molecular flexibility index (Phi) is 5.29. The van der Waals surface area contributed by atoms with Gasteiger partial charge >= 0.3 is 6.18 Å². The number of rotatable bonds is 5. The summed E-state index contributed by atoms with van der Waals surface area (Å²) in [4.78, 5) is 24.3. The number of amides is 1. The van der Waals surface area contributed by atoms with Gasteiger partial charge in [-0.1, -0.05) is 0 Å². The van der Waals surface area contributed by atoms with E-state index in [0.717, 1.165) is 31.7 Å². The fourth-order valence-corrected chi connectivity index (χ4v) is 6.48. The van der Waals surface area contributed by atoms with E-state index in [2.05, 4.69) is 4.98 Å². The first-order chi connectivity index (χ1) is 18.6. The van der Waals surface area contributed by atoms with Crippen LogP contribution < -0.4 is 10.5 Å². The van der Waals surface area contributed by atoms with E-state index >= 15 is 0 Å². The minimum Gasteiger partial charge on any atom is -0.494 e. The molecule has 1 aromatic carbocycles. The number of benzene rings is 1. The number of imidazole rings is 1. The van der Waals surface area contributed by atoms with E-state index < -0.39 is 11.9 Å². The van der Waals surface area contributed by atoms with Gasteiger partial charge in [-0.05, 0) is 67.9 Å². The lowest BCUT2D eigenvalue weighted by atomic mass is 10.1. The molecular weight excluding hydrogens is 509 g/mol. The summed E-state index contributed by atoms with van der Waals surface area (Å²) < 4.78 is 49.9. The van der Waals surface area contributed by atoms with Crippen LogP contribution in [0.25, 0.3) is 33.6 Å². The van der Waals surface area contributed by atoms with Crippen LogP contribution in [0.1, 0.15) is 41.7 Å². The van der Waals surface area contributed by atoms with Crippen molar-refractivity contribution in [2.45, 2.75) is 50.5 Å². The van der Waals surface area contributed by atoms with Crippen LogP contribution >= 0.6 is 0 Å². The lowest BCUT2D eigenvalue weighted by molar-refractivity contribution is -0.141. The lowest BCUT2D eigenvalue weighted by Crippen LogP contribution is -2.41. The van der Waals surface area contributed by atoms with Gasteiger partial charge in [-0.2, -0.15) is 13.2 Å². The van der Waals surface area contributed by atoms with Crippen molar-refractivity contribution >= 4 is 28.0 Å². The van der Waals surface area contributed by atoms with Crippen LogP contribution in [0.15, 0.2) is 30.3 Å². The topological polar surface area (TPSA) is 91.2 Å². The Hall–Kier alpha value is -3.60. The van der Waals surface area contributed by atoms with Gasteiger partial charge in [0.1, 0.15) is 22.6 Å². The zero-order valence-electron chi connectivity index (χ0n) is 21.7. The lowest BCUT2D eigenvalue weighted by Gasteiger charge is -2.27. The number of carbonyl (C=O) groups is 1. The first kappa shape index (κ1) is 24.4. The van der Waals surface area contributed by atoms with Crippen molar-refractivity contribution in [1.29, 1.82) is 0 Å². The van der Waals surface area contributed by atoms with Crippen molar-refractivity contribution in [2.24, 2.45) is 24.6 Å². The Morgan fingerprint density at radius 1 is 1.13 bits per heavy atom. The fourth-order valence-electron chi connectivity index (χ4n) is 6.48. The van der Waals surface area contributed by atoms with Crippen molar-refractivity contribution < 1.29 is 22.7 Å². The number of hydrogen-bond donors (Lipinski definition) is 1. The second-order valence-corrected chi connectivity index (χ2v) is 11.2. The second kappa shape index (κ2) is 8.45. The van der Waals surface area contributed by atoms with E-state index in [0.29, 0.717) is 69.8 Å². The summed E-state index contributed by atoms with van der Waals surface area (Å²) in [5.41, 5.74) is 8.17. The fraction of sp³-hybridized carbons (Fsp3) is 0.464. The molecule has 2 saturated carbocycles. The molecule has 0 spiro atoms. The van der Waals surface area contributed by atoms with Crippen molar-refractivity contribution in [2.75, 3.05) is 13.7 Å². The predicted octanol–water partition coefficient (Wildman–Crippen LogP) is 4.59. The average Bonchev–Trinajstić information content (AvgIpc) is 3.31. The number of methoxy groups -OCH3 is 1. The van der Waals surface area contributed by atoms with Crippen LogP contribution in [0.5, 0.6) is 5.75 Å². The van der Waals surface area contributed by atoms with E-state index in [4.69, 9.17) is 15.5 Å². The van der Waals surface area contributed by atoms with E-state index in [1.165, 1.54) is 6.07 Å². The van der Waals surface area contributed by atoms with Crippen LogP contribution in [0.2, 0.25) is 0 Å². The highest BCUT2D eigenvalue weighted by atomic mass is 19.4. The number of nitrogens with zero attached hydrogens (tertiary/aromatic N) is 5. The largest absolute Gasteiger partial charge is 0.494 e. The molecule has 2 bridgehead atoms. The normalized spacial score (nSPS) is 22.9. The zero-order valence-corrected chi connectivity index (χ0v) is 21.7. The molecule has 4 heterocycles. The number of alkyl halides is 3. The number of aryl methyl sites for hydroxylation is 1. The second-order valence-electron chi connectivity index (χ2n) is 11.2. The summed E-state index contributed by atoms with van der Waals surface area (Å²) in [5, 5.41) is 0.619. The van der Waals surface area contributed by atoms with Crippen molar-refractivity contribution in [3.63, 3.8) is 0 Å². The first-order valence-corrected chi connectivity index (χ1v) is 13.3. The third kappa shape index (κ3) is 3.81. The number of ether oxygens (including phenoxy) is 1. The molecule has 39 heavy (non-hydrogen) atoms. The Morgan fingerprint density at radius 3 is 2.56 bits per heavy atom. The van der Waals surface area contributed by atoms with Crippen LogP contribution in [0.3, 0.4) is 0 Å². The molecule has 2 N–H and O–H groups in total. The summed E-state index contributed by atoms with van der Waals surface area (Å²) in [6.45, 7) is 1.22. The van der Waals surface area contributed by atoms with Gasteiger partial charge in [-0.15, -0.1) is 0 Å². The molecule has 1 aliphatic heterocycles. The molecule has 1 saturated heterocycles. The number of pyridine rings is 1. The van der Waals surface area contributed by atoms with E-state index in [-0.39, 0.29) is 18.0 Å². The van der Waals surface area contributed by atoms with Gasteiger partial charge in [0.25, 0.3) is 5.91 Å². The minimum absolute atomic E-state index is 0.0147. The molecule has 2 unspecified atom stereocenters. The van der Waals surface area contributed by atoms with Gasteiger partial charge in [-0.3, -0.25) is 4.79 Å². The van der Waals surface area contributed by atoms with Gasteiger partial charge in [0.2, 0.25) is 0 Å². The Morgan fingerprint density at radius 2 is 1.92 bits per heavy atom. The van der Waals surface area contributed by atoms with Gasteiger partial charge in [0, 0.05) is 43.2 Å². The Bertz CT molecular complexity index is 1640. The summed E-state index contributed by atoms with van der Waals surface area (Å²) in [6.07, 6.45) is -0.504. The molecule has 7 rings (SSSR count). The summed E-state index contributed by atoms with van der Waals surface area (Å²) in [5.74, 6) is 1.73. The number of nitrogens with two attached hydrogens (primary N) is 1. The third-order valence-electron chi connectivity index (χ3n) is 8.72.